The molecule has 1 amide bonds. The zero-order chi connectivity index (χ0) is 13.0. The van der Waals surface area contributed by atoms with E-state index in [2.05, 4.69) is 5.32 Å². The minimum Gasteiger partial charge on any atom is -0.399 e. The Morgan fingerprint density at radius 3 is 2.53 bits per heavy atom. The summed E-state index contributed by atoms with van der Waals surface area (Å²) in [7, 11) is 0. The third-order valence-corrected chi connectivity index (χ3v) is 3.58. The van der Waals surface area contributed by atoms with Crippen LogP contribution in [0.3, 0.4) is 0 Å². The molecule has 0 aliphatic carbocycles. The van der Waals surface area contributed by atoms with Gasteiger partial charge in [0.05, 0.1) is 5.25 Å². The van der Waals surface area contributed by atoms with Crippen LogP contribution in [-0.2, 0) is 4.79 Å². The van der Waals surface area contributed by atoms with Gasteiger partial charge in [0.15, 0.2) is 0 Å². The van der Waals surface area contributed by atoms with Crippen LogP contribution >= 0.6 is 11.8 Å². The second-order valence-corrected chi connectivity index (χ2v) is 5.83. The van der Waals surface area contributed by atoms with Gasteiger partial charge in [-0.3, -0.25) is 4.79 Å². The van der Waals surface area contributed by atoms with Gasteiger partial charge in [-0.15, -0.1) is 11.8 Å². The molecule has 1 aromatic rings. The first-order valence-electron chi connectivity index (χ1n) is 5.73. The molecule has 0 heterocycles. The molecule has 0 aromatic heterocycles. The molecule has 3 N–H and O–H groups in total. The van der Waals surface area contributed by atoms with E-state index >= 15 is 0 Å². The Bertz CT molecular complexity index is 404. The highest BCUT2D eigenvalue weighted by Crippen LogP contribution is 2.27. The molecule has 0 fully saturated rings. The molecule has 0 radical (unpaired) electrons. The number of nitrogens with one attached hydrogen (secondary N) is 1. The van der Waals surface area contributed by atoms with Crippen LogP contribution in [0.5, 0.6) is 0 Å². The molecular formula is C13H20N2OS. The summed E-state index contributed by atoms with van der Waals surface area (Å²) in [5, 5.41) is 2.81. The Morgan fingerprint density at radius 1 is 1.35 bits per heavy atom. The van der Waals surface area contributed by atoms with Gasteiger partial charge in [0, 0.05) is 16.6 Å². The lowest BCUT2D eigenvalue weighted by molar-refractivity contribution is -0.120. The predicted octanol–water partition coefficient (Wildman–Crippen LogP) is 2.58. The number of benzene rings is 1. The Kier molecular flexibility index (Phi) is 4.87. The average Bonchev–Trinajstić information content (AvgIpc) is 2.21. The van der Waals surface area contributed by atoms with E-state index in [0.717, 1.165) is 16.1 Å². The van der Waals surface area contributed by atoms with Crippen molar-refractivity contribution in [3.05, 3.63) is 23.8 Å². The summed E-state index contributed by atoms with van der Waals surface area (Å²) < 4.78 is 0. The molecule has 1 rings (SSSR count). The summed E-state index contributed by atoms with van der Waals surface area (Å²) >= 11 is 1.56. The number of amides is 1. The molecule has 94 valence electrons. The first-order valence-corrected chi connectivity index (χ1v) is 6.61. The quantitative estimate of drug-likeness (QED) is 0.639. The zero-order valence-electron chi connectivity index (χ0n) is 10.8. The van der Waals surface area contributed by atoms with Gasteiger partial charge in [0.1, 0.15) is 0 Å². The highest BCUT2D eigenvalue weighted by Gasteiger charge is 2.15. The maximum Gasteiger partial charge on any atom is 0.233 e. The second kappa shape index (κ2) is 5.96. The number of carbonyl (C=O) groups excluding carboxylic acids is 1. The van der Waals surface area contributed by atoms with E-state index in [4.69, 9.17) is 5.73 Å². The number of hydrogen-bond acceptors (Lipinski definition) is 3. The summed E-state index contributed by atoms with van der Waals surface area (Å²) in [6.45, 7) is 7.84. The number of rotatable bonds is 4. The number of nitrogen functional groups attached to an aromatic ring is 1. The number of aryl methyl sites for hydroxylation is 1. The van der Waals surface area contributed by atoms with E-state index in [9.17, 15) is 4.79 Å². The lowest BCUT2D eigenvalue weighted by Gasteiger charge is -2.15. The van der Waals surface area contributed by atoms with E-state index in [-0.39, 0.29) is 17.2 Å². The van der Waals surface area contributed by atoms with Gasteiger partial charge in [-0.1, -0.05) is 0 Å². The number of anilines is 1. The van der Waals surface area contributed by atoms with Crippen LogP contribution in [0.2, 0.25) is 0 Å². The van der Waals surface area contributed by atoms with Crippen molar-refractivity contribution in [2.45, 2.75) is 43.9 Å². The molecular weight excluding hydrogens is 232 g/mol. The number of nitrogens with two attached hydrogens (primary N) is 1. The van der Waals surface area contributed by atoms with Gasteiger partial charge >= 0.3 is 0 Å². The summed E-state index contributed by atoms with van der Waals surface area (Å²) in [5.74, 6) is 0.0706. The van der Waals surface area contributed by atoms with Gasteiger partial charge in [-0.05, 0) is 51.5 Å². The Balaban J connectivity index is 2.67. The lowest BCUT2D eigenvalue weighted by atomic mass is 10.2. The SMILES string of the molecule is Cc1cc(N)ccc1SC(C)C(=O)NC(C)C. The predicted molar refractivity (Wildman–Crippen MR) is 74.2 cm³/mol. The molecule has 1 aromatic carbocycles. The number of hydrogen-bond donors (Lipinski definition) is 2. The minimum atomic E-state index is -0.0975. The standard InChI is InChI=1S/C13H20N2OS/c1-8(2)15-13(16)10(4)17-12-6-5-11(14)7-9(12)3/h5-8,10H,14H2,1-4H3,(H,15,16). The highest BCUT2D eigenvalue weighted by molar-refractivity contribution is 8.00. The van der Waals surface area contributed by atoms with Crippen molar-refractivity contribution in [3.8, 4) is 0 Å². The molecule has 4 heteroatoms. The third kappa shape index (κ3) is 4.30. The van der Waals surface area contributed by atoms with E-state index in [0.29, 0.717) is 0 Å². The van der Waals surface area contributed by atoms with Crippen molar-refractivity contribution >= 4 is 23.4 Å². The molecule has 0 spiro atoms. The van der Waals surface area contributed by atoms with Crippen molar-refractivity contribution in [2.75, 3.05) is 5.73 Å². The zero-order valence-corrected chi connectivity index (χ0v) is 11.6. The lowest BCUT2D eigenvalue weighted by Crippen LogP contribution is -2.35. The van der Waals surface area contributed by atoms with Crippen LogP contribution in [0.1, 0.15) is 26.3 Å². The van der Waals surface area contributed by atoms with E-state index in [1.54, 1.807) is 11.8 Å². The van der Waals surface area contributed by atoms with Crippen molar-refractivity contribution in [1.29, 1.82) is 0 Å². The average molecular weight is 252 g/mol. The maximum atomic E-state index is 11.8. The Hall–Kier alpha value is -1.16. The molecule has 0 aliphatic heterocycles. The molecule has 0 saturated carbocycles. The topological polar surface area (TPSA) is 55.1 Å². The highest BCUT2D eigenvalue weighted by atomic mass is 32.2. The molecule has 0 aliphatic rings. The molecule has 17 heavy (non-hydrogen) atoms. The Labute approximate surface area is 107 Å². The van der Waals surface area contributed by atoms with Crippen molar-refractivity contribution in [3.63, 3.8) is 0 Å². The molecule has 1 atom stereocenters. The van der Waals surface area contributed by atoms with Gasteiger partial charge in [-0.2, -0.15) is 0 Å². The summed E-state index contributed by atoms with van der Waals surface area (Å²) in [6.07, 6.45) is 0. The summed E-state index contributed by atoms with van der Waals surface area (Å²) in [4.78, 5) is 12.9. The second-order valence-electron chi connectivity index (χ2n) is 4.45. The van der Waals surface area contributed by atoms with Crippen LogP contribution < -0.4 is 11.1 Å². The summed E-state index contributed by atoms with van der Waals surface area (Å²) in [6, 6.07) is 5.94. The first kappa shape index (κ1) is 13.9. The number of carbonyl (C=O) groups is 1. The van der Waals surface area contributed by atoms with Gasteiger partial charge in [0.25, 0.3) is 0 Å². The van der Waals surface area contributed by atoms with Gasteiger partial charge in [0.2, 0.25) is 5.91 Å². The van der Waals surface area contributed by atoms with Gasteiger partial charge < -0.3 is 11.1 Å². The monoisotopic (exact) mass is 252 g/mol. The first-order chi connectivity index (χ1) is 7.90. The van der Waals surface area contributed by atoms with Crippen LogP contribution in [0.25, 0.3) is 0 Å². The Morgan fingerprint density at radius 2 is 2.00 bits per heavy atom. The van der Waals surface area contributed by atoms with Crippen LogP contribution in [0.4, 0.5) is 5.69 Å². The van der Waals surface area contributed by atoms with Crippen LogP contribution in [0.15, 0.2) is 23.1 Å². The van der Waals surface area contributed by atoms with E-state index in [1.807, 2.05) is 45.9 Å². The largest absolute Gasteiger partial charge is 0.399 e. The number of thioether (sulfide) groups is 1. The van der Waals surface area contributed by atoms with Crippen molar-refractivity contribution in [2.24, 2.45) is 0 Å². The fraction of sp³-hybridized carbons (Fsp3) is 0.462. The molecule has 0 saturated heterocycles. The van der Waals surface area contributed by atoms with Crippen molar-refractivity contribution < 1.29 is 4.79 Å². The van der Waals surface area contributed by atoms with Crippen LogP contribution in [-0.4, -0.2) is 17.2 Å². The fourth-order valence-electron chi connectivity index (χ4n) is 1.45. The fourth-order valence-corrected chi connectivity index (χ4v) is 2.40. The smallest absolute Gasteiger partial charge is 0.233 e. The molecule has 1 unspecified atom stereocenters. The normalized spacial score (nSPS) is 12.5. The van der Waals surface area contributed by atoms with E-state index < -0.39 is 0 Å². The van der Waals surface area contributed by atoms with E-state index in [1.165, 1.54) is 0 Å². The minimum absolute atomic E-state index is 0.0706. The maximum absolute atomic E-state index is 11.8. The summed E-state index contributed by atoms with van der Waals surface area (Å²) in [5.41, 5.74) is 7.56. The van der Waals surface area contributed by atoms with Crippen molar-refractivity contribution in [1.82, 2.24) is 5.32 Å². The molecule has 0 bridgehead atoms. The molecule has 3 nitrogen and oxygen atoms in total. The van der Waals surface area contributed by atoms with Crippen LogP contribution in [0, 0.1) is 6.92 Å². The third-order valence-electron chi connectivity index (χ3n) is 2.30. The van der Waals surface area contributed by atoms with Gasteiger partial charge in [-0.25, -0.2) is 0 Å².